The van der Waals surface area contributed by atoms with Gasteiger partial charge >= 0.3 is 259 Å². The van der Waals surface area contributed by atoms with Crippen molar-refractivity contribution in [2.75, 3.05) is 0 Å². The van der Waals surface area contributed by atoms with Crippen LogP contribution in [0.3, 0.4) is 0 Å². The van der Waals surface area contributed by atoms with Crippen molar-refractivity contribution in [3.63, 3.8) is 0 Å². The Morgan fingerprint density at radius 1 is 0.561 bits per heavy atom. The second-order valence-electron chi connectivity index (χ2n) is 13.8. The number of hydrogen-bond donors (Lipinski definition) is 0. The summed E-state index contributed by atoms with van der Waals surface area (Å²) in [6.07, 6.45) is 9.00. The summed E-state index contributed by atoms with van der Waals surface area (Å²) in [5.74, 6) is 0. The van der Waals surface area contributed by atoms with Gasteiger partial charge in [-0.3, -0.25) is 0 Å². The summed E-state index contributed by atoms with van der Waals surface area (Å²) in [6.45, 7) is 18.2. The van der Waals surface area contributed by atoms with Gasteiger partial charge in [0.05, 0.1) is 0 Å². The van der Waals surface area contributed by atoms with Crippen LogP contribution in [0.25, 0.3) is 23.3 Å². The van der Waals surface area contributed by atoms with E-state index < -0.39 is 23.2 Å². The van der Waals surface area contributed by atoms with Crippen molar-refractivity contribution >= 4 is 23.3 Å². The second kappa shape index (κ2) is 10.4. The van der Waals surface area contributed by atoms with E-state index in [-0.39, 0.29) is 10.8 Å². The molecular weight excluding hydrogens is 576 g/mol. The standard InChI is InChI=1S/2C19H20N.Zr/c2*1-13-8-9-18(20-12-13)15-10-14-6-5-7-17(16(14)11-15)19(2,3)4;/h2*5-12H,1-4H3;. The van der Waals surface area contributed by atoms with Gasteiger partial charge in [0, 0.05) is 0 Å². The zero-order valence-electron chi connectivity index (χ0n) is 25.6. The Bertz CT molecular complexity index is 1550. The van der Waals surface area contributed by atoms with Gasteiger partial charge < -0.3 is 0 Å². The zero-order valence-corrected chi connectivity index (χ0v) is 28.1. The number of pyridine rings is 2. The van der Waals surface area contributed by atoms with Gasteiger partial charge in [0.15, 0.2) is 0 Å². The fourth-order valence-electron chi connectivity index (χ4n) is 6.36. The van der Waals surface area contributed by atoms with Gasteiger partial charge in [-0.25, -0.2) is 0 Å². The molecule has 206 valence electrons. The molecule has 4 aromatic rings. The molecule has 2 unspecified atom stereocenters. The van der Waals surface area contributed by atoms with Crippen LogP contribution in [0.1, 0.15) is 105 Å². The van der Waals surface area contributed by atoms with Crippen LogP contribution in [0, 0.1) is 13.8 Å². The summed E-state index contributed by atoms with van der Waals surface area (Å²) in [7, 11) is 0. The third kappa shape index (κ3) is 5.27. The van der Waals surface area contributed by atoms with Crippen LogP contribution in [0.4, 0.5) is 0 Å². The Morgan fingerprint density at radius 2 is 0.976 bits per heavy atom. The molecule has 2 heterocycles. The molecule has 0 N–H and O–H groups in total. The number of nitrogens with zero attached hydrogens (tertiary/aromatic N) is 2. The van der Waals surface area contributed by atoms with Crippen LogP contribution < -0.4 is 0 Å². The molecule has 0 saturated heterocycles. The Kier molecular flexibility index (Phi) is 7.18. The van der Waals surface area contributed by atoms with Crippen molar-refractivity contribution in [1.29, 1.82) is 0 Å². The molecule has 0 bridgehead atoms. The van der Waals surface area contributed by atoms with E-state index >= 15 is 0 Å². The quantitative estimate of drug-likeness (QED) is 0.228. The average molecular weight is 616 g/mol. The van der Waals surface area contributed by atoms with E-state index in [0.29, 0.717) is 7.25 Å². The molecule has 2 aromatic carbocycles. The summed E-state index contributed by atoms with van der Waals surface area (Å²) in [5, 5.41) is 0. The van der Waals surface area contributed by atoms with Gasteiger partial charge in [-0.05, 0) is 0 Å². The molecule has 2 aliphatic carbocycles. The Balaban J connectivity index is 1.52. The van der Waals surface area contributed by atoms with Gasteiger partial charge in [0.2, 0.25) is 0 Å². The minimum absolute atomic E-state index is 0.0754. The fourth-order valence-corrected chi connectivity index (χ4v) is 11.3. The molecule has 2 aliphatic rings. The Morgan fingerprint density at radius 3 is 1.32 bits per heavy atom. The second-order valence-corrected chi connectivity index (χ2v) is 17.4. The maximum absolute atomic E-state index is 4.97. The van der Waals surface area contributed by atoms with Crippen molar-refractivity contribution < 1.29 is 23.2 Å². The molecule has 2 atom stereocenters. The van der Waals surface area contributed by atoms with E-state index in [2.05, 4.69) is 128 Å². The van der Waals surface area contributed by atoms with Crippen LogP contribution in [-0.4, -0.2) is 9.97 Å². The van der Waals surface area contributed by atoms with Crippen molar-refractivity contribution in [3.05, 3.63) is 129 Å². The van der Waals surface area contributed by atoms with E-state index in [0.717, 1.165) is 11.4 Å². The Labute approximate surface area is 257 Å². The summed E-state index contributed by atoms with van der Waals surface area (Å²) >= 11 is -1.19. The van der Waals surface area contributed by atoms with Crippen molar-refractivity contribution in [2.45, 2.75) is 73.5 Å². The number of aromatic nitrogens is 2. The van der Waals surface area contributed by atoms with Gasteiger partial charge in [-0.2, -0.15) is 0 Å². The molecule has 0 aliphatic heterocycles. The fraction of sp³-hybridized carbons (Fsp3) is 0.316. The first kappa shape index (κ1) is 28.2. The molecular formula is C38H40N2Zr. The average Bonchev–Trinajstić information content (AvgIpc) is 3.47. The molecule has 0 fully saturated rings. The molecule has 0 saturated carbocycles. The predicted molar refractivity (Wildman–Crippen MR) is 169 cm³/mol. The van der Waals surface area contributed by atoms with Crippen LogP contribution in [0.5, 0.6) is 0 Å². The first-order valence-corrected chi connectivity index (χ1v) is 17.6. The number of hydrogen-bond acceptors (Lipinski definition) is 2. The summed E-state index contributed by atoms with van der Waals surface area (Å²) < 4.78 is 0.823. The maximum atomic E-state index is 4.97. The van der Waals surface area contributed by atoms with Gasteiger partial charge in [-0.1, -0.05) is 0 Å². The first-order valence-electron chi connectivity index (χ1n) is 14.7. The van der Waals surface area contributed by atoms with Crippen LogP contribution >= 0.6 is 0 Å². The number of rotatable bonds is 4. The van der Waals surface area contributed by atoms with Crippen LogP contribution in [0.2, 0.25) is 0 Å². The predicted octanol–water partition coefficient (Wildman–Crippen LogP) is 9.66. The number of benzene rings is 2. The molecule has 3 heteroatoms. The van der Waals surface area contributed by atoms with Crippen molar-refractivity contribution in [3.8, 4) is 0 Å². The van der Waals surface area contributed by atoms with Crippen molar-refractivity contribution in [1.82, 2.24) is 9.97 Å². The molecule has 0 spiro atoms. The third-order valence-corrected chi connectivity index (χ3v) is 13.2. The third-order valence-electron chi connectivity index (χ3n) is 8.49. The monoisotopic (exact) mass is 614 g/mol. The number of fused-ring (bicyclic) bond motifs is 2. The van der Waals surface area contributed by atoms with E-state index in [9.17, 15) is 0 Å². The summed E-state index contributed by atoms with van der Waals surface area (Å²) in [6, 6.07) is 22.9. The van der Waals surface area contributed by atoms with E-state index in [1.165, 1.54) is 55.7 Å². The summed E-state index contributed by atoms with van der Waals surface area (Å²) in [5.41, 5.74) is 16.3. The molecule has 2 nitrogen and oxygen atoms in total. The van der Waals surface area contributed by atoms with E-state index in [1.54, 1.807) is 0 Å². The van der Waals surface area contributed by atoms with E-state index in [1.807, 2.05) is 12.4 Å². The number of aryl methyl sites for hydroxylation is 2. The van der Waals surface area contributed by atoms with Crippen LogP contribution in [0.15, 0.2) is 73.1 Å². The van der Waals surface area contributed by atoms with Crippen molar-refractivity contribution in [2.24, 2.45) is 0 Å². The topological polar surface area (TPSA) is 25.8 Å². The zero-order chi connectivity index (χ0) is 29.1. The molecule has 41 heavy (non-hydrogen) atoms. The summed E-state index contributed by atoms with van der Waals surface area (Å²) in [4.78, 5) is 9.94. The molecule has 0 amide bonds. The molecule has 6 rings (SSSR count). The SMILES string of the molecule is Cc1ccc(C2=Cc3c(cccc3C(C)(C)C)[CH]2[Zr][CH]2C(c3ccc(C)cn3)=Cc3c2cccc3C(C)(C)C)nc1. The van der Waals surface area contributed by atoms with Gasteiger partial charge in [0.1, 0.15) is 0 Å². The molecule has 2 aromatic heterocycles. The van der Waals surface area contributed by atoms with Crippen LogP contribution in [-0.2, 0) is 34.1 Å². The Hall–Kier alpha value is -2.90. The molecule has 0 radical (unpaired) electrons. The van der Waals surface area contributed by atoms with Gasteiger partial charge in [0.25, 0.3) is 0 Å². The number of allylic oxidation sites excluding steroid dienone is 2. The van der Waals surface area contributed by atoms with Gasteiger partial charge in [-0.15, -0.1) is 0 Å². The minimum atomic E-state index is -1.19. The normalized spacial score (nSPS) is 18.0. The first-order chi connectivity index (χ1) is 19.4. The van der Waals surface area contributed by atoms with E-state index in [4.69, 9.17) is 9.97 Å².